The molecular weight excluding hydrogens is 238 g/mol. The molecule has 1 heterocycles. The van der Waals surface area contributed by atoms with Crippen molar-refractivity contribution in [2.45, 2.75) is 26.3 Å². The second-order valence-electron chi connectivity index (χ2n) is 4.90. The summed E-state index contributed by atoms with van der Waals surface area (Å²) < 4.78 is 0. The van der Waals surface area contributed by atoms with E-state index in [0.717, 1.165) is 0 Å². The minimum Gasteiger partial charge on any atom is -0.393 e. The van der Waals surface area contributed by atoms with E-state index in [9.17, 15) is 9.59 Å². The summed E-state index contributed by atoms with van der Waals surface area (Å²) in [5, 5.41) is 0. The van der Waals surface area contributed by atoms with E-state index in [2.05, 4.69) is 0 Å². The van der Waals surface area contributed by atoms with Crippen molar-refractivity contribution in [3.05, 3.63) is 0 Å². The van der Waals surface area contributed by atoms with Gasteiger partial charge in [-0.1, -0.05) is 12.2 Å². The van der Waals surface area contributed by atoms with Crippen LogP contribution in [0.3, 0.4) is 0 Å². The number of carbonyl (C=O) groups is 2. The quantitative estimate of drug-likeness (QED) is 0.707. The van der Waals surface area contributed by atoms with Crippen LogP contribution in [0.2, 0.25) is 0 Å². The molecule has 1 aliphatic heterocycles. The third-order valence-electron chi connectivity index (χ3n) is 3.27. The van der Waals surface area contributed by atoms with Crippen molar-refractivity contribution in [1.29, 1.82) is 0 Å². The number of piperazine rings is 1. The standard InChI is InChI=1S/C11H19N3O2S/c1-7(8(12)17)9(15)14-6-5-13(4)10(16)11(14,2)3/h7H,5-6H2,1-4H3,(H2,12,17). The number of hydrogen-bond acceptors (Lipinski definition) is 3. The molecule has 0 aliphatic carbocycles. The summed E-state index contributed by atoms with van der Waals surface area (Å²) >= 11 is 4.83. The highest BCUT2D eigenvalue weighted by Crippen LogP contribution is 2.23. The summed E-state index contributed by atoms with van der Waals surface area (Å²) in [5.74, 6) is -0.767. The highest BCUT2D eigenvalue weighted by Gasteiger charge is 2.44. The van der Waals surface area contributed by atoms with Crippen molar-refractivity contribution in [2.24, 2.45) is 11.7 Å². The molecule has 0 spiro atoms. The van der Waals surface area contributed by atoms with Crippen molar-refractivity contribution < 1.29 is 9.59 Å². The number of thiocarbonyl (C=S) groups is 1. The maximum atomic E-state index is 12.2. The molecule has 0 saturated carbocycles. The Morgan fingerprint density at radius 2 is 2.00 bits per heavy atom. The van der Waals surface area contributed by atoms with Crippen LogP contribution in [0.15, 0.2) is 0 Å². The Morgan fingerprint density at radius 3 is 2.47 bits per heavy atom. The molecule has 5 nitrogen and oxygen atoms in total. The number of likely N-dealkylation sites (N-methyl/N-ethyl adjacent to an activating group) is 1. The predicted octanol–water partition coefficient (Wildman–Crippen LogP) is -0.0122. The number of rotatable bonds is 2. The van der Waals surface area contributed by atoms with Gasteiger partial charge in [-0.05, 0) is 20.8 Å². The average Bonchev–Trinajstić information content (AvgIpc) is 2.24. The molecule has 2 amide bonds. The molecule has 2 N–H and O–H groups in total. The summed E-state index contributed by atoms with van der Waals surface area (Å²) in [4.78, 5) is 27.6. The van der Waals surface area contributed by atoms with Gasteiger partial charge < -0.3 is 15.5 Å². The van der Waals surface area contributed by atoms with Crippen molar-refractivity contribution in [1.82, 2.24) is 9.80 Å². The van der Waals surface area contributed by atoms with Crippen LogP contribution in [0.25, 0.3) is 0 Å². The summed E-state index contributed by atoms with van der Waals surface area (Å²) in [5.41, 5.74) is 4.65. The monoisotopic (exact) mass is 257 g/mol. The van der Waals surface area contributed by atoms with E-state index in [-0.39, 0.29) is 16.8 Å². The smallest absolute Gasteiger partial charge is 0.247 e. The van der Waals surface area contributed by atoms with Gasteiger partial charge in [-0.3, -0.25) is 9.59 Å². The molecular formula is C11H19N3O2S. The zero-order chi connectivity index (χ0) is 13.4. The van der Waals surface area contributed by atoms with E-state index in [4.69, 9.17) is 18.0 Å². The second-order valence-corrected chi connectivity index (χ2v) is 5.37. The van der Waals surface area contributed by atoms with Crippen LogP contribution < -0.4 is 5.73 Å². The molecule has 0 aromatic carbocycles. The molecule has 1 rings (SSSR count). The number of nitrogens with two attached hydrogens (primary N) is 1. The molecule has 1 unspecified atom stereocenters. The molecule has 6 heteroatoms. The molecule has 1 fully saturated rings. The maximum Gasteiger partial charge on any atom is 0.247 e. The van der Waals surface area contributed by atoms with Crippen LogP contribution >= 0.6 is 12.2 Å². The Bertz CT molecular complexity index is 368. The van der Waals surface area contributed by atoms with Crippen LogP contribution in [-0.4, -0.2) is 52.3 Å². The van der Waals surface area contributed by atoms with Crippen LogP contribution in [0.4, 0.5) is 0 Å². The first-order valence-electron chi connectivity index (χ1n) is 5.56. The SMILES string of the molecule is CC(C(=O)N1CCN(C)C(=O)C1(C)C)C(N)=S. The van der Waals surface area contributed by atoms with Gasteiger partial charge in [0.1, 0.15) is 5.54 Å². The maximum absolute atomic E-state index is 12.2. The number of carbonyl (C=O) groups excluding carboxylic acids is 2. The molecule has 96 valence electrons. The highest BCUT2D eigenvalue weighted by atomic mass is 32.1. The minimum atomic E-state index is -0.830. The van der Waals surface area contributed by atoms with Gasteiger partial charge in [-0.15, -0.1) is 0 Å². The summed E-state index contributed by atoms with van der Waals surface area (Å²) in [6.45, 7) is 6.22. The van der Waals surface area contributed by atoms with Crippen molar-refractivity contribution in [2.75, 3.05) is 20.1 Å². The van der Waals surface area contributed by atoms with Crippen molar-refractivity contribution in [3.8, 4) is 0 Å². The fourth-order valence-corrected chi connectivity index (χ4v) is 2.06. The van der Waals surface area contributed by atoms with Gasteiger partial charge in [0.25, 0.3) is 0 Å². The van der Waals surface area contributed by atoms with Gasteiger partial charge in [0.15, 0.2) is 0 Å². The van der Waals surface area contributed by atoms with E-state index in [1.54, 1.807) is 37.6 Å². The third-order valence-corrected chi connectivity index (χ3v) is 3.62. The Balaban J connectivity index is 2.95. The fraction of sp³-hybridized carbons (Fsp3) is 0.727. The molecule has 0 bridgehead atoms. The lowest BCUT2D eigenvalue weighted by atomic mass is 9.95. The number of hydrogen-bond donors (Lipinski definition) is 1. The Hall–Kier alpha value is -1.17. The van der Waals surface area contributed by atoms with E-state index in [1.807, 2.05) is 0 Å². The average molecular weight is 257 g/mol. The highest BCUT2D eigenvalue weighted by molar-refractivity contribution is 7.80. The summed E-state index contributed by atoms with van der Waals surface area (Å²) in [6.07, 6.45) is 0. The largest absolute Gasteiger partial charge is 0.393 e. The molecule has 1 saturated heterocycles. The third kappa shape index (κ3) is 2.41. The van der Waals surface area contributed by atoms with Gasteiger partial charge in [-0.25, -0.2) is 0 Å². The zero-order valence-corrected chi connectivity index (χ0v) is 11.5. The van der Waals surface area contributed by atoms with Gasteiger partial charge in [0, 0.05) is 20.1 Å². The lowest BCUT2D eigenvalue weighted by Gasteiger charge is -2.45. The van der Waals surface area contributed by atoms with E-state index in [1.165, 1.54) is 0 Å². The lowest BCUT2D eigenvalue weighted by Crippen LogP contribution is -2.64. The van der Waals surface area contributed by atoms with Gasteiger partial charge in [0.05, 0.1) is 10.9 Å². The first-order chi connectivity index (χ1) is 7.69. The molecule has 0 aromatic rings. The Labute approximate surface area is 107 Å². The van der Waals surface area contributed by atoms with E-state index < -0.39 is 11.5 Å². The van der Waals surface area contributed by atoms with Crippen molar-refractivity contribution in [3.63, 3.8) is 0 Å². The van der Waals surface area contributed by atoms with Gasteiger partial charge in [0.2, 0.25) is 11.8 Å². The molecule has 17 heavy (non-hydrogen) atoms. The van der Waals surface area contributed by atoms with Crippen LogP contribution in [0.1, 0.15) is 20.8 Å². The van der Waals surface area contributed by atoms with Crippen LogP contribution in [0, 0.1) is 5.92 Å². The summed E-state index contributed by atoms with van der Waals surface area (Å²) in [6, 6.07) is 0. The molecule has 0 aromatic heterocycles. The van der Waals surface area contributed by atoms with Gasteiger partial charge in [-0.2, -0.15) is 0 Å². The molecule has 1 atom stereocenters. The molecule has 1 aliphatic rings. The number of amides is 2. The first kappa shape index (κ1) is 13.9. The van der Waals surface area contributed by atoms with Crippen molar-refractivity contribution >= 4 is 29.0 Å². The minimum absolute atomic E-state index is 0.0627. The summed E-state index contributed by atoms with van der Waals surface area (Å²) in [7, 11) is 1.74. The molecule has 0 radical (unpaired) electrons. The van der Waals surface area contributed by atoms with Crippen LogP contribution in [-0.2, 0) is 9.59 Å². The van der Waals surface area contributed by atoms with E-state index in [0.29, 0.717) is 13.1 Å². The first-order valence-corrected chi connectivity index (χ1v) is 5.96. The number of nitrogens with zero attached hydrogens (tertiary/aromatic N) is 2. The Morgan fingerprint density at radius 1 is 1.47 bits per heavy atom. The zero-order valence-electron chi connectivity index (χ0n) is 10.7. The Kier molecular flexibility index (Phi) is 3.76. The predicted molar refractivity (Wildman–Crippen MR) is 69.4 cm³/mol. The topological polar surface area (TPSA) is 66.6 Å². The van der Waals surface area contributed by atoms with E-state index >= 15 is 0 Å². The second kappa shape index (κ2) is 4.60. The van der Waals surface area contributed by atoms with Gasteiger partial charge >= 0.3 is 0 Å². The van der Waals surface area contributed by atoms with Crippen LogP contribution in [0.5, 0.6) is 0 Å². The lowest BCUT2D eigenvalue weighted by molar-refractivity contribution is -0.158. The fourth-order valence-electron chi connectivity index (χ4n) is 1.95. The normalized spacial score (nSPS) is 21.3.